The van der Waals surface area contributed by atoms with Crippen LogP contribution < -0.4 is 5.32 Å². The number of ketones is 1. The molecule has 0 spiro atoms. The van der Waals surface area contributed by atoms with Gasteiger partial charge in [0.15, 0.2) is 17.5 Å². The molecule has 302 valence electrons. The summed E-state index contributed by atoms with van der Waals surface area (Å²) in [4.78, 5) is 55.9. The quantitative estimate of drug-likeness (QED) is 0.134. The van der Waals surface area contributed by atoms with Gasteiger partial charge in [0.2, 0.25) is 0 Å². The molecule has 5 N–H and O–H groups in total. The normalized spacial score (nSPS) is 34.2. The third kappa shape index (κ3) is 6.71. The van der Waals surface area contributed by atoms with E-state index < -0.39 is 101 Å². The highest BCUT2D eigenvalue weighted by Crippen LogP contribution is 2.64. The van der Waals surface area contributed by atoms with Gasteiger partial charge in [-0.15, -0.1) is 0 Å². The number of hydrogen-bond acceptors (Lipinski definition) is 13. The number of allylic oxidation sites excluding steroid dienone is 1. The van der Waals surface area contributed by atoms with E-state index in [1.807, 2.05) is 19.9 Å². The maximum atomic E-state index is 14.9. The fourth-order valence-corrected chi connectivity index (χ4v) is 9.58. The summed E-state index contributed by atoms with van der Waals surface area (Å²) in [6.07, 6.45) is -7.92. The molecular weight excluding hydrogens is 722 g/mol. The molecule has 56 heavy (non-hydrogen) atoms. The van der Waals surface area contributed by atoms with Crippen LogP contribution in [0.3, 0.4) is 0 Å². The van der Waals surface area contributed by atoms with E-state index in [1.165, 1.54) is 26.0 Å². The minimum Gasteiger partial charge on any atom is -0.456 e. The zero-order valence-corrected chi connectivity index (χ0v) is 32.9. The van der Waals surface area contributed by atoms with Gasteiger partial charge in [-0.05, 0) is 56.5 Å². The molecule has 13 nitrogen and oxygen atoms in total. The predicted molar refractivity (Wildman–Crippen MR) is 202 cm³/mol. The van der Waals surface area contributed by atoms with E-state index in [-0.39, 0.29) is 29.7 Å². The summed E-state index contributed by atoms with van der Waals surface area (Å²) in [6, 6.07) is 15.9. The van der Waals surface area contributed by atoms with E-state index in [4.69, 9.17) is 18.9 Å². The monoisotopic (exact) mass is 775 g/mol. The maximum Gasteiger partial charge on any atom is 0.338 e. The van der Waals surface area contributed by atoms with Crippen LogP contribution in [0.4, 0.5) is 0 Å². The third-order valence-corrected chi connectivity index (χ3v) is 12.7. The average Bonchev–Trinajstić information content (AvgIpc) is 3.15. The van der Waals surface area contributed by atoms with Gasteiger partial charge in [0.25, 0.3) is 0 Å². The largest absolute Gasteiger partial charge is 0.456 e. The highest BCUT2D eigenvalue weighted by Gasteiger charge is 2.78. The number of nitrogens with one attached hydrogen (secondary N) is 1. The molecule has 1 heterocycles. The summed E-state index contributed by atoms with van der Waals surface area (Å²) in [5.41, 5.74) is -5.50. The zero-order valence-electron chi connectivity index (χ0n) is 32.9. The number of esters is 3. The van der Waals surface area contributed by atoms with Crippen LogP contribution in [0.1, 0.15) is 83.3 Å². The first-order valence-corrected chi connectivity index (χ1v) is 19.0. The second-order valence-electron chi connectivity index (χ2n) is 16.6. The number of rotatable bonds is 10. The summed E-state index contributed by atoms with van der Waals surface area (Å²) in [5, 5.41) is 52.2. The highest BCUT2D eigenvalue weighted by atomic mass is 16.6. The summed E-state index contributed by atoms with van der Waals surface area (Å²) < 4.78 is 24.3. The second kappa shape index (κ2) is 15.3. The average molecular weight is 776 g/mol. The first kappa shape index (κ1) is 41.4. The molecule has 0 aromatic heterocycles. The number of benzene rings is 2. The Morgan fingerprint density at radius 2 is 1.61 bits per heavy atom. The highest BCUT2D eigenvalue weighted by molar-refractivity contribution is 5.94. The van der Waals surface area contributed by atoms with Crippen LogP contribution in [-0.2, 0) is 33.3 Å². The standard InChI is InChI=1S/C43H53NO12/c1-23(2)18-19-44-32(26-14-10-8-11-15-26)34(48)39(51)54-28-21-43(52)37(55-38(50)27-16-12-9-13-17-27)35-41(7,36(49)33(47)31(24(28)3)40(43,5)6)29(46)20-30-42(35,22-53-30)56-25(4)45/h8-18,28-30,32-35,37,44,46-48,52H,19-22H2,1-7H3/t28-,29-,30+,32-,33+,34+,35?,37-,41+,42-,43+/m0/s1. The molecule has 3 fully saturated rings. The van der Waals surface area contributed by atoms with E-state index >= 15 is 0 Å². The molecule has 1 saturated heterocycles. The number of Topliss-reactive ketones (excluding diaryl/α,β-unsaturated/α-hetero) is 1. The fourth-order valence-electron chi connectivity index (χ4n) is 9.58. The van der Waals surface area contributed by atoms with Gasteiger partial charge in [0, 0.05) is 31.7 Å². The number of carbonyl (C=O) groups excluding carboxylic acids is 4. The van der Waals surface area contributed by atoms with Crippen LogP contribution in [0.2, 0.25) is 0 Å². The molecule has 3 aliphatic carbocycles. The van der Waals surface area contributed by atoms with E-state index in [0.717, 1.165) is 5.57 Å². The van der Waals surface area contributed by atoms with E-state index in [1.54, 1.807) is 69.3 Å². The smallest absolute Gasteiger partial charge is 0.338 e. The number of aliphatic hydroxyl groups excluding tert-OH is 3. The summed E-state index contributed by atoms with van der Waals surface area (Å²) in [6.45, 7) is 11.3. The Bertz CT molecular complexity index is 1910. The predicted octanol–water partition coefficient (Wildman–Crippen LogP) is 3.29. The van der Waals surface area contributed by atoms with Crippen LogP contribution in [-0.4, -0.2) is 105 Å². The minimum atomic E-state index is -2.28. The number of hydrogen-bond donors (Lipinski definition) is 5. The van der Waals surface area contributed by atoms with Gasteiger partial charge in [0.05, 0.1) is 35.6 Å². The van der Waals surface area contributed by atoms with Crippen molar-refractivity contribution in [3.8, 4) is 0 Å². The van der Waals surface area contributed by atoms with Crippen molar-refractivity contribution in [2.45, 2.75) is 115 Å². The lowest BCUT2D eigenvalue weighted by molar-refractivity contribution is -0.346. The van der Waals surface area contributed by atoms with E-state index in [9.17, 15) is 39.6 Å². The van der Waals surface area contributed by atoms with Gasteiger partial charge in [-0.3, -0.25) is 9.59 Å². The van der Waals surface area contributed by atoms with Gasteiger partial charge in [0.1, 0.15) is 30.0 Å². The Kier molecular flexibility index (Phi) is 11.3. The lowest BCUT2D eigenvalue weighted by Gasteiger charge is -2.67. The lowest BCUT2D eigenvalue weighted by atomic mass is 9.44. The first-order valence-electron chi connectivity index (χ1n) is 19.0. The number of ether oxygens (including phenoxy) is 4. The molecule has 2 aromatic carbocycles. The number of fused-ring (bicyclic) bond motifs is 5. The first-order chi connectivity index (χ1) is 26.3. The molecule has 13 heteroatoms. The topological polar surface area (TPSA) is 198 Å². The van der Waals surface area contributed by atoms with Gasteiger partial charge >= 0.3 is 17.9 Å². The molecule has 1 unspecified atom stereocenters. The Hall–Kier alpha value is -4.24. The van der Waals surface area contributed by atoms with Crippen molar-refractivity contribution in [2.75, 3.05) is 13.2 Å². The van der Waals surface area contributed by atoms with Gasteiger partial charge in [-0.1, -0.05) is 74.0 Å². The van der Waals surface area contributed by atoms with Gasteiger partial charge in [-0.2, -0.15) is 0 Å². The van der Waals surface area contributed by atoms with Crippen molar-refractivity contribution in [2.24, 2.45) is 16.7 Å². The zero-order chi connectivity index (χ0) is 41.0. The van der Waals surface area contributed by atoms with Crippen molar-refractivity contribution < 1.29 is 58.6 Å². The Morgan fingerprint density at radius 1 is 0.982 bits per heavy atom. The molecule has 0 radical (unpaired) electrons. The number of carbonyl (C=O) groups is 4. The summed E-state index contributed by atoms with van der Waals surface area (Å²) in [5.74, 6) is -5.00. The fraction of sp³-hybridized carbons (Fsp3) is 0.535. The van der Waals surface area contributed by atoms with Crippen LogP contribution in [0.5, 0.6) is 0 Å². The van der Waals surface area contributed by atoms with Crippen molar-refractivity contribution in [3.05, 3.63) is 94.6 Å². The Morgan fingerprint density at radius 3 is 2.18 bits per heavy atom. The van der Waals surface area contributed by atoms with Crippen molar-refractivity contribution in [3.63, 3.8) is 0 Å². The van der Waals surface area contributed by atoms with Gasteiger partial charge < -0.3 is 44.7 Å². The molecular formula is C43H53NO12. The van der Waals surface area contributed by atoms with Crippen LogP contribution in [0.15, 0.2) is 83.5 Å². The molecule has 4 aliphatic rings. The maximum absolute atomic E-state index is 14.9. The Balaban J connectivity index is 1.50. The molecule has 0 amide bonds. The summed E-state index contributed by atoms with van der Waals surface area (Å²) in [7, 11) is 0. The van der Waals surface area contributed by atoms with Crippen LogP contribution in [0.25, 0.3) is 0 Å². The Labute approximate surface area is 326 Å². The lowest BCUT2D eigenvalue weighted by Crippen LogP contribution is -2.81. The minimum absolute atomic E-state index is 0.00554. The van der Waals surface area contributed by atoms with Gasteiger partial charge in [-0.25, -0.2) is 9.59 Å². The van der Waals surface area contributed by atoms with Crippen molar-refractivity contribution in [1.82, 2.24) is 5.32 Å². The van der Waals surface area contributed by atoms with Crippen molar-refractivity contribution >= 4 is 23.7 Å². The molecule has 2 saturated carbocycles. The van der Waals surface area contributed by atoms with Crippen LogP contribution >= 0.6 is 0 Å². The summed E-state index contributed by atoms with van der Waals surface area (Å²) >= 11 is 0. The SMILES string of the molecule is CC(=O)O[C@@]12CO[C@@H]1C[C@H](O)[C@@]1(C)C(=O)[C@H](O)C3=C(C)[C@@H](OC(=O)[C@H](O)[C@@H](NCC=C(C)C)c4ccccc4)C[C@@](O)([C@@H](OC(=O)c4ccccc4)C12)C3(C)C. The molecule has 1 aliphatic heterocycles. The molecule has 6 rings (SSSR count). The molecule has 11 atom stereocenters. The van der Waals surface area contributed by atoms with Crippen molar-refractivity contribution in [1.29, 1.82) is 0 Å². The molecule has 2 aromatic rings. The van der Waals surface area contributed by atoms with E-state index in [0.29, 0.717) is 12.1 Å². The number of aliphatic hydroxyl groups is 4. The molecule has 2 bridgehead atoms. The van der Waals surface area contributed by atoms with Crippen LogP contribution in [0, 0.1) is 16.7 Å². The van der Waals surface area contributed by atoms with E-state index in [2.05, 4.69) is 5.32 Å². The third-order valence-electron chi connectivity index (χ3n) is 12.7. The second-order valence-corrected chi connectivity index (χ2v) is 16.6.